The Morgan fingerprint density at radius 3 is 2.31 bits per heavy atom. The van der Waals surface area contributed by atoms with Crippen LogP contribution >= 0.6 is 0 Å². The summed E-state index contributed by atoms with van der Waals surface area (Å²) in [6, 6.07) is 13.2. The van der Waals surface area contributed by atoms with E-state index in [0.29, 0.717) is 4.90 Å². The van der Waals surface area contributed by atoms with Crippen LogP contribution in [0.2, 0.25) is 0 Å². The highest BCUT2D eigenvalue weighted by molar-refractivity contribution is 7.92. The fraction of sp³-hybridized carbons (Fsp3) is 0.231. The second-order valence-corrected chi connectivity index (χ2v) is 6.48. The smallest absolute Gasteiger partial charge is 0.181 e. The third kappa shape index (κ3) is 1.52. The van der Waals surface area contributed by atoms with E-state index in [0.717, 1.165) is 23.6 Å². The molecule has 0 radical (unpaired) electrons. The molecule has 0 aromatic heterocycles. The van der Waals surface area contributed by atoms with Crippen LogP contribution in [0, 0.1) is 0 Å². The van der Waals surface area contributed by atoms with Crippen molar-refractivity contribution in [2.24, 2.45) is 0 Å². The van der Waals surface area contributed by atoms with E-state index < -0.39 is 9.84 Å². The van der Waals surface area contributed by atoms with E-state index in [1.54, 1.807) is 12.1 Å². The Balaban J connectivity index is 2.18. The first kappa shape index (κ1) is 9.85. The maximum absolute atomic E-state index is 12.0. The highest BCUT2D eigenvalue weighted by Crippen LogP contribution is 2.34. The predicted molar refractivity (Wildman–Crippen MR) is 64.2 cm³/mol. The summed E-state index contributed by atoms with van der Waals surface area (Å²) in [6.07, 6.45) is 1.63. The van der Waals surface area contributed by atoms with Gasteiger partial charge in [0.1, 0.15) is 0 Å². The van der Waals surface area contributed by atoms with Crippen LogP contribution in [0.15, 0.2) is 47.4 Å². The first-order valence-electron chi connectivity index (χ1n) is 5.41. The molecule has 82 valence electrons. The van der Waals surface area contributed by atoms with Gasteiger partial charge < -0.3 is 0 Å². The molecule has 16 heavy (non-hydrogen) atoms. The Bertz CT molecular complexity index is 640. The molecule has 0 unspecified atom stereocenters. The molecule has 1 fully saturated rings. The van der Waals surface area contributed by atoms with E-state index in [1.807, 2.05) is 30.3 Å². The summed E-state index contributed by atoms with van der Waals surface area (Å²) in [5.74, 6) is 0. The maximum Gasteiger partial charge on any atom is 0.181 e. The van der Waals surface area contributed by atoms with Crippen molar-refractivity contribution in [2.75, 3.05) is 0 Å². The van der Waals surface area contributed by atoms with Gasteiger partial charge in [0.15, 0.2) is 9.84 Å². The van der Waals surface area contributed by atoms with Crippen molar-refractivity contribution in [3.05, 3.63) is 42.5 Å². The Morgan fingerprint density at radius 1 is 0.938 bits per heavy atom. The zero-order chi connectivity index (χ0) is 11.2. The van der Waals surface area contributed by atoms with Gasteiger partial charge >= 0.3 is 0 Å². The van der Waals surface area contributed by atoms with Crippen molar-refractivity contribution in [3.8, 4) is 0 Å². The van der Waals surface area contributed by atoms with Gasteiger partial charge in [-0.1, -0.05) is 30.3 Å². The van der Waals surface area contributed by atoms with Gasteiger partial charge in [0.25, 0.3) is 0 Å². The molecule has 2 aromatic rings. The first-order valence-corrected chi connectivity index (χ1v) is 6.95. The Labute approximate surface area is 94.8 Å². The van der Waals surface area contributed by atoms with Gasteiger partial charge in [0, 0.05) is 0 Å². The van der Waals surface area contributed by atoms with Gasteiger partial charge in [-0.25, -0.2) is 8.42 Å². The molecule has 0 heterocycles. The number of hydrogen-bond acceptors (Lipinski definition) is 2. The van der Waals surface area contributed by atoms with Crippen LogP contribution in [0.25, 0.3) is 10.8 Å². The summed E-state index contributed by atoms with van der Waals surface area (Å²) in [6.45, 7) is 0. The van der Waals surface area contributed by atoms with Crippen LogP contribution < -0.4 is 0 Å². The molecular weight excluding hydrogens is 220 g/mol. The zero-order valence-electron chi connectivity index (χ0n) is 8.76. The molecular formula is C13H12O2S. The van der Waals surface area contributed by atoms with E-state index in [9.17, 15) is 8.42 Å². The minimum atomic E-state index is -3.06. The van der Waals surface area contributed by atoms with Crippen LogP contribution in [-0.2, 0) is 9.84 Å². The van der Waals surface area contributed by atoms with E-state index >= 15 is 0 Å². The van der Waals surface area contributed by atoms with Gasteiger partial charge in [0.05, 0.1) is 10.1 Å². The van der Waals surface area contributed by atoms with Gasteiger partial charge in [-0.2, -0.15) is 0 Å². The van der Waals surface area contributed by atoms with Crippen LogP contribution in [0.4, 0.5) is 0 Å². The van der Waals surface area contributed by atoms with Crippen LogP contribution in [0.3, 0.4) is 0 Å². The topological polar surface area (TPSA) is 34.1 Å². The van der Waals surface area contributed by atoms with Crippen LogP contribution in [-0.4, -0.2) is 13.7 Å². The summed E-state index contributed by atoms with van der Waals surface area (Å²) in [4.78, 5) is 0.466. The lowest BCUT2D eigenvalue weighted by Crippen LogP contribution is -2.06. The maximum atomic E-state index is 12.0. The minimum Gasteiger partial charge on any atom is -0.223 e. The molecule has 0 bridgehead atoms. The second-order valence-electron chi connectivity index (χ2n) is 4.25. The van der Waals surface area contributed by atoms with Crippen LogP contribution in [0.1, 0.15) is 12.8 Å². The van der Waals surface area contributed by atoms with E-state index in [4.69, 9.17) is 0 Å². The van der Waals surface area contributed by atoms with Gasteiger partial charge in [0.2, 0.25) is 0 Å². The summed E-state index contributed by atoms with van der Waals surface area (Å²) in [7, 11) is -3.06. The average molecular weight is 232 g/mol. The number of fused-ring (bicyclic) bond motifs is 1. The Kier molecular flexibility index (Phi) is 2.04. The normalized spacial score (nSPS) is 16.5. The van der Waals surface area contributed by atoms with Crippen molar-refractivity contribution >= 4 is 20.6 Å². The monoisotopic (exact) mass is 232 g/mol. The lowest BCUT2D eigenvalue weighted by Gasteiger charge is -2.04. The summed E-state index contributed by atoms with van der Waals surface area (Å²) in [5.41, 5.74) is 0. The molecule has 1 aliphatic carbocycles. The van der Waals surface area contributed by atoms with Gasteiger partial charge in [-0.05, 0) is 35.7 Å². The fourth-order valence-corrected chi connectivity index (χ4v) is 3.61. The average Bonchev–Trinajstić information content (AvgIpc) is 3.12. The lowest BCUT2D eigenvalue weighted by atomic mass is 10.1. The standard InChI is InChI=1S/C13H12O2S/c14-16(15,12-7-8-12)13-6-5-10-3-1-2-4-11(10)9-13/h1-6,9,12H,7-8H2. The second kappa shape index (κ2) is 3.32. The molecule has 2 aromatic carbocycles. The number of benzene rings is 2. The minimum absolute atomic E-state index is 0.131. The van der Waals surface area contributed by atoms with Crippen molar-refractivity contribution in [1.82, 2.24) is 0 Å². The highest BCUT2D eigenvalue weighted by Gasteiger charge is 2.36. The summed E-state index contributed by atoms with van der Waals surface area (Å²) >= 11 is 0. The van der Waals surface area contributed by atoms with E-state index in [2.05, 4.69) is 0 Å². The van der Waals surface area contributed by atoms with Crippen molar-refractivity contribution in [1.29, 1.82) is 0 Å². The number of rotatable bonds is 2. The largest absolute Gasteiger partial charge is 0.223 e. The molecule has 0 saturated heterocycles. The number of sulfone groups is 1. The van der Waals surface area contributed by atoms with Crippen molar-refractivity contribution in [2.45, 2.75) is 23.0 Å². The van der Waals surface area contributed by atoms with Crippen molar-refractivity contribution in [3.63, 3.8) is 0 Å². The van der Waals surface area contributed by atoms with Gasteiger partial charge in [-0.15, -0.1) is 0 Å². The quantitative estimate of drug-likeness (QED) is 0.798. The Hall–Kier alpha value is -1.35. The highest BCUT2D eigenvalue weighted by atomic mass is 32.2. The molecule has 0 atom stereocenters. The zero-order valence-corrected chi connectivity index (χ0v) is 9.57. The van der Waals surface area contributed by atoms with E-state index in [1.165, 1.54) is 0 Å². The molecule has 0 amide bonds. The molecule has 3 rings (SSSR count). The SMILES string of the molecule is O=S(=O)(c1ccc2ccccc2c1)C1CC1. The van der Waals surface area contributed by atoms with Gasteiger partial charge in [-0.3, -0.25) is 0 Å². The fourth-order valence-electron chi connectivity index (χ4n) is 1.92. The molecule has 0 N–H and O–H groups in total. The third-order valence-electron chi connectivity index (χ3n) is 3.01. The first-order chi connectivity index (χ1) is 7.68. The molecule has 1 aliphatic rings. The summed E-state index contributed by atoms with van der Waals surface area (Å²) < 4.78 is 24.1. The molecule has 1 saturated carbocycles. The van der Waals surface area contributed by atoms with Crippen molar-refractivity contribution < 1.29 is 8.42 Å². The predicted octanol–water partition coefficient (Wildman–Crippen LogP) is 2.78. The van der Waals surface area contributed by atoms with Crippen LogP contribution in [0.5, 0.6) is 0 Å². The molecule has 0 spiro atoms. The molecule has 3 heteroatoms. The lowest BCUT2D eigenvalue weighted by molar-refractivity contribution is 0.595. The Morgan fingerprint density at radius 2 is 1.62 bits per heavy atom. The molecule has 0 aliphatic heterocycles. The number of hydrogen-bond donors (Lipinski definition) is 0. The third-order valence-corrected chi connectivity index (χ3v) is 5.27. The molecule has 2 nitrogen and oxygen atoms in total. The van der Waals surface area contributed by atoms with E-state index in [-0.39, 0.29) is 5.25 Å². The summed E-state index contributed by atoms with van der Waals surface area (Å²) in [5, 5.41) is 1.94.